The molecule has 3 rings (SSSR count). The summed E-state index contributed by atoms with van der Waals surface area (Å²) in [5.41, 5.74) is 1.41. The molecule has 2 aromatic rings. The Morgan fingerprint density at radius 2 is 1.92 bits per heavy atom. The van der Waals surface area contributed by atoms with Gasteiger partial charge >= 0.3 is 0 Å². The van der Waals surface area contributed by atoms with E-state index in [1.165, 1.54) is 6.39 Å². The van der Waals surface area contributed by atoms with Gasteiger partial charge < -0.3 is 14.1 Å². The van der Waals surface area contributed by atoms with Gasteiger partial charge in [-0.3, -0.25) is 4.79 Å². The second kappa shape index (κ2) is 6.40. The smallest absolute Gasteiger partial charge is 0.276 e. The Labute approximate surface area is 142 Å². The molecule has 1 aromatic carbocycles. The molecular formula is C19H24N2O3. The van der Waals surface area contributed by atoms with Crippen LogP contribution in [0.3, 0.4) is 0 Å². The summed E-state index contributed by atoms with van der Waals surface area (Å²) in [5.74, 6) is 0.454. The molecule has 128 valence electrons. The van der Waals surface area contributed by atoms with Gasteiger partial charge in [0.1, 0.15) is 11.9 Å². The van der Waals surface area contributed by atoms with Crippen molar-refractivity contribution in [1.82, 2.24) is 9.88 Å². The molecule has 2 heterocycles. The number of rotatable bonds is 2. The summed E-state index contributed by atoms with van der Waals surface area (Å²) in [6.45, 7) is 9.23. The molecule has 0 N–H and O–H groups in total. The van der Waals surface area contributed by atoms with E-state index in [2.05, 4.69) is 25.8 Å². The van der Waals surface area contributed by atoms with Crippen LogP contribution >= 0.6 is 0 Å². The van der Waals surface area contributed by atoms with E-state index in [1.807, 2.05) is 35.2 Å². The Balaban J connectivity index is 1.88. The Bertz CT molecular complexity index is 703. The van der Waals surface area contributed by atoms with Crippen molar-refractivity contribution in [1.29, 1.82) is 0 Å². The number of carbonyl (C=O) groups excluding carboxylic acids is 1. The number of amides is 1. The molecule has 1 aromatic heterocycles. The molecule has 5 heteroatoms. The summed E-state index contributed by atoms with van der Waals surface area (Å²) in [6.07, 6.45) is 1.13. The van der Waals surface area contributed by atoms with Gasteiger partial charge in [-0.05, 0) is 17.9 Å². The summed E-state index contributed by atoms with van der Waals surface area (Å²) < 4.78 is 11.5. The third-order valence-corrected chi connectivity index (χ3v) is 4.47. The molecule has 0 unspecified atom stereocenters. The van der Waals surface area contributed by atoms with E-state index in [4.69, 9.17) is 9.15 Å². The predicted octanol–water partition coefficient (Wildman–Crippen LogP) is 3.61. The van der Waals surface area contributed by atoms with Gasteiger partial charge in [0.25, 0.3) is 5.91 Å². The minimum absolute atomic E-state index is 0.0485. The fourth-order valence-corrected chi connectivity index (χ4v) is 2.92. The fraction of sp³-hybridized carbons (Fsp3) is 0.474. The zero-order chi connectivity index (χ0) is 17.3. The van der Waals surface area contributed by atoms with Crippen LogP contribution in [0.4, 0.5) is 0 Å². The van der Waals surface area contributed by atoms with E-state index in [9.17, 15) is 4.79 Å². The largest absolute Gasteiger partial charge is 0.448 e. The van der Waals surface area contributed by atoms with Crippen LogP contribution in [-0.2, 0) is 4.74 Å². The number of carbonyl (C=O) groups is 1. The lowest BCUT2D eigenvalue weighted by atomic mass is 9.87. The van der Waals surface area contributed by atoms with Gasteiger partial charge in [-0.1, -0.05) is 51.1 Å². The number of hydrogen-bond acceptors (Lipinski definition) is 4. The highest BCUT2D eigenvalue weighted by Gasteiger charge is 2.38. The van der Waals surface area contributed by atoms with E-state index < -0.39 is 0 Å². The highest BCUT2D eigenvalue weighted by molar-refractivity contribution is 5.93. The third-order valence-electron chi connectivity index (χ3n) is 4.47. The first-order chi connectivity index (χ1) is 11.4. The first-order valence-electron chi connectivity index (χ1n) is 8.26. The molecule has 0 aliphatic carbocycles. The topological polar surface area (TPSA) is 55.6 Å². The molecule has 1 amide bonds. The van der Waals surface area contributed by atoms with Crippen LogP contribution in [0.2, 0.25) is 0 Å². The average Bonchev–Trinajstić information content (AvgIpc) is 3.00. The van der Waals surface area contributed by atoms with Gasteiger partial charge in [0.15, 0.2) is 12.1 Å². The summed E-state index contributed by atoms with van der Waals surface area (Å²) >= 11 is 0. The van der Waals surface area contributed by atoms with Gasteiger partial charge in [0, 0.05) is 6.54 Å². The molecule has 0 radical (unpaired) electrons. The van der Waals surface area contributed by atoms with Crippen LogP contribution in [0.15, 0.2) is 41.1 Å². The lowest BCUT2D eigenvalue weighted by Crippen LogP contribution is -2.51. The minimum atomic E-state index is -0.139. The van der Waals surface area contributed by atoms with Crippen molar-refractivity contribution in [3.8, 4) is 0 Å². The van der Waals surface area contributed by atoms with Crippen molar-refractivity contribution in [2.24, 2.45) is 5.41 Å². The molecule has 0 bridgehead atoms. The van der Waals surface area contributed by atoms with Crippen LogP contribution in [0.1, 0.15) is 48.7 Å². The second-order valence-corrected chi connectivity index (χ2v) is 7.36. The van der Waals surface area contributed by atoms with Gasteiger partial charge in [0.2, 0.25) is 0 Å². The van der Waals surface area contributed by atoms with Crippen molar-refractivity contribution in [3.05, 3.63) is 53.7 Å². The standard InChI is InChI=1S/C19H24N2O3/c1-13-17(20-12-23-13)18(22)21-10-15(14-8-6-5-7-9-14)24-16(11-21)19(2,3)4/h5-9,12,15-16H,10-11H2,1-4H3/t15-,16+/m0/s1. The maximum Gasteiger partial charge on any atom is 0.276 e. The summed E-state index contributed by atoms with van der Waals surface area (Å²) in [5, 5.41) is 0. The quantitative estimate of drug-likeness (QED) is 0.845. The van der Waals surface area contributed by atoms with Gasteiger partial charge in [-0.2, -0.15) is 0 Å². The highest BCUT2D eigenvalue weighted by atomic mass is 16.5. The predicted molar refractivity (Wildman–Crippen MR) is 90.7 cm³/mol. The number of aryl methyl sites for hydroxylation is 1. The highest BCUT2D eigenvalue weighted by Crippen LogP contribution is 2.34. The summed E-state index contributed by atoms with van der Waals surface area (Å²) in [6, 6.07) is 10.1. The van der Waals surface area contributed by atoms with E-state index >= 15 is 0 Å². The lowest BCUT2D eigenvalue weighted by molar-refractivity contribution is -0.119. The second-order valence-electron chi connectivity index (χ2n) is 7.36. The minimum Gasteiger partial charge on any atom is -0.448 e. The number of hydrogen-bond donors (Lipinski definition) is 0. The molecule has 1 fully saturated rings. The first-order valence-corrected chi connectivity index (χ1v) is 8.26. The summed E-state index contributed by atoms with van der Waals surface area (Å²) in [4.78, 5) is 18.8. The zero-order valence-electron chi connectivity index (χ0n) is 14.7. The van der Waals surface area contributed by atoms with Crippen molar-refractivity contribution >= 4 is 5.91 Å². The molecule has 0 spiro atoms. The first kappa shape index (κ1) is 16.7. The average molecular weight is 328 g/mol. The van der Waals surface area contributed by atoms with Crippen LogP contribution in [-0.4, -0.2) is 35.0 Å². The third kappa shape index (κ3) is 3.36. The number of ether oxygens (including phenoxy) is 1. The fourth-order valence-electron chi connectivity index (χ4n) is 2.92. The maximum atomic E-state index is 12.9. The molecule has 2 atom stereocenters. The van der Waals surface area contributed by atoms with E-state index in [0.717, 1.165) is 5.56 Å². The molecule has 5 nitrogen and oxygen atoms in total. The number of benzene rings is 1. The molecule has 24 heavy (non-hydrogen) atoms. The monoisotopic (exact) mass is 328 g/mol. The molecule has 0 saturated carbocycles. The van der Waals surface area contributed by atoms with Crippen molar-refractivity contribution in [2.75, 3.05) is 13.1 Å². The number of oxazole rings is 1. The molecule has 1 saturated heterocycles. The molecule has 1 aliphatic rings. The van der Waals surface area contributed by atoms with Crippen LogP contribution < -0.4 is 0 Å². The van der Waals surface area contributed by atoms with Gasteiger partial charge in [0.05, 0.1) is 12.6 Å². The Kier molecular flexibility index (Phi) is 4.45. The van der Waals surface area contributed by atoms with Crippen molar-refractivity contribution in [3.63, 3.8) is 0 Å². The number of nitrogens with zero attached hydrogens (tertiary/aromatic N) is 2. The Morgan fingerprint density at radius 3 is 2.50 bits per heavy atom. The lowest BCUT2D eigenvalue weighted by Gasteiger charge is -2.43. The Hall–Kier alpha value is -2.14. The van der Waals surface area contributed by atoms with Crippen LogP contribution in [0.5, 0.6) is 0 Å². The SMILES string of the molecule is Cc1ocnc1C(=O)N1C[C@@H](c2ccccc2)O[C@@H](C(C)(C)C)C1. The van der Waals surface area contributed by atoms with E-state index in [0.29, 0.717) is 24.5 Å². The molecular weight excluding hydrogens is 304 g/mol. The normalized spacial score (nSPS) is 21.8. The summed E-state index contributed by atoms with van der Waals surface area (Å²) in [7, 11) is 0. The van der Waals surface area contributed by atoms with E-state index in [-0.39, 0.29) is 23.5 Å². The van der Waals surface area contributed by atoms with Crippen molar-refractivity contribution < 1.29 is 13.9 Å². The maximum absolute atomic E-state index is 12.9. The van der Waals surface area contributed by atoms with E-state index in [1.54, 1.807) is 6.92 Å². The van der Waals surface area contributed by atoms with Gasteiger partial charge in [-0.15, -0.1) is 0 Å². The molecule has 1 aliphatic heterocycles. The Morgan fingerprint density at radius 1 is 1.21 bits per heavy atom. The number of morpholine rings is 1. The van der Waals surface area contributed by atoms with Gasteiger partial charge in [-0.25, -0.2) is 4.98 Å². The number of aromatic nitrogens is 1. The van der Waals surface area contributed by atoms with Crippen molar-refractivity contribution in [2.45, 2.75) is 39.9 Å². The van der Waals surface area contributed by atoms with Crippen LogP contribution in [0, 0.1) is 12.3 Å². The van der Waals surface area contributed by atoms with Crippen LogP contribution in [0.25, 0.3) is 0 Å². The zero-order valence-corrected chi connectivity index (χ0v) is 14.7.